The van der Waals surface area contributed by atoms with Crippen LogP contribution < -0.4 is 10.6 Å². The van der Waals surface area contributed by atoms with Gasteiger partial charge in [0.1, 0.15) is 0 Å². The molecule has 2 aromatic rings. The van der Waals surface area contributed by atoms with E-state index in [1.165, 1.54) is 34.4 Å². The summed E-state index contributed by atoms with van der Waals surface area (Å²) in [5.74, 6) is 0.947. The van der Waals surface area contributed by atoms with Gasteiger partial charge in [0.25, 0.3) is 5.91 Å². The minimum absolute atomic E-state index is 0.0691. The van der Waals surface area contributed by atoms with Crippen molar-refractivity contribution in [2.45, 2.75) is 68.3 Å². The molecule has 4 heteroatoms. The summed E-state index contributed by atoms with van der Waals surface area (Å²) < 4.78 is 0. The van der Waals surface area contributed by atoms with Crippen LogP contribution in [0.15, 0.2) is 47.4 Å². The van der Waals surface area contributed by atoms with E-state index in [0.717, 1.165) is 24.2 Å². The van der Waals surface area contributed by atoms with Crippen molar-refractivity contribution in [2.75, 3.05) is 0 Å². The molecular formula is C23H28N2OS. The van der Waals surface area contributed by atoms with Crippen LogP contribution >= 0.6 is 11.8 Å². The van der Waals surface area contributed by atoms with Gasteiger partial charge in [0.2, 0.25) is 0 Å². The second kappa shape index (κ2) is 8.07. The summed E-state index contributed by atoms with van der Waals surface area (Å²) in [5.41, 5.74) is 4.58. The van der Waals surface area contributed by atoms with Gasteiger partial charge in [-0.2, -0.15) is 0 Å². The Bertz CT molecular complexity index is 823. The lowest BCUT2D eigenvalue weighted by molar-refractivity contribution is 0.0924. The highest BCUT2D eigenvalue weighted by Gasteiger charge is 2.34. The van der Waals surface area contributed by atoms with Gasteiger partial charge in [-0.15, -0.1) is 11.8 Å². The van der Waals surface area contributed by atoms with E-state index in [0.29, 0.717) is 18.1 Å². The summed E-state index contributed by atoms with van der Waals surface area (Å²) in [6, 6.07) is 16.1. The smallest absolute Gasteiger partial charge is 0.251 e. The number of rotatable bonds is 5. The minimum Gasteiger partial charge on any atom is -0.349 e. The van der Waals surface area contributed by atoms with Crippen molar-refractivity contribution in [1.29, 1.82) is 0 Å². The highest BCUT2D eigenvalue weighted by atomic mass is 32.2. The van der Waals surface area contributed by atoms with E-state index in [1.54, 1.807) is 0 Å². The van der Waals surface area contributed by atoms with Crippen LogP contribution in [0.1, 0.15) is 52.7 Å². The maximum absolute atomic E-state index is 12.7. The lowest BCUT2D eigenvalue weighted by atomic mass is 9.99. The number of benzene rings is 2. The Labute approximate surface area is 166 Å². The van der Waals surface area contributed by atoms with Crippen LogP contribution in [0.4, 0.5) is 0 Å². The molecule has 142 valence electrons. The summed E-state index contributed by atoms with van der Waals surface area (Å²) >= 11 is 1.83. The molecule has 2 heterocycles. The topological polar surface area (TPSA) is 41.1 Å². The van der Waals surface area contributed by atoms with Gasteiger partial charge in [-0.05, 0) is 68.9 Å². The van der Waals surface area contributed by atoms with E-state index in [1.807, 2.05) is 30.0 Å². The Morgan fingerprint density at radius 1 is 1.11 bits per heavy atom. The van der Waals surface area contributed by atoms with E-state index in [-0.39, 0.29) is 5.91 Å². The van der Waals surface area contributed by atoms with Gasteiger partial charge in [-0.25, -0.2) is 0 Å². The van der Waals surface area contributed by atoms with Crippen LogP contribution in [-0.4, -0.2) is 24.0 Å². The number of aryl methyl sites for hydroxylation is 2. The van der Waals surface area contributed by atoms with Crippen molar-refractivity contribution < 1.29 is 4.79 Å². The molecule has 4 rings (SSSR count). The molecule has 2 aromatic carbocycles. The minimum atomic E-state index is 0.0691. The first-order valence-corrected chi connectivity index (χ1v) is 10.9. The Morgan fingerprint density at radius 3 is 2.63 bits per heavy atom. The van der Waals surface area contributed by atoms with Crippen molar-refractivity contribution in [3.63, 3.8) is 0 Å². The van der Waals surface area contributed by atoms with Gasteiger partial charge in [0.05, 0.1) is 0 Å². The maximum atomic E-state index is 12.7. The lowest BCUT2D eigenvalue weighted by Crippen LogP contribution is -2.48. The third kappa shape index (κ3) is 4.56. The fourth-order valence-corrected chi connectivity index (χ4v) is 5.32. The van der Waals surface area contributed by atoms with Crippen LogP contribution in [0.2, 0.25) is 0 Å². The number of hydrogen-bond donors (Lipinski definition) is 2. The van der Waals surface area contributed by atoms with E-state index < -0.39 is 0 Å². The highest BCUT2D eigenvalue weighted by Crippen LogP contribution is 2.28. The predicted octanol–water partition coefficient (Wildman–Crippen LogP) is 4.61. The molecule has 3 nitrogen and oxygen atoms in total. The van der Waals surface area contributed by atoms with E-state index in [9.17, 15) is 4.79 Å². The summed E-state index contributed by atoms with van der Waals surface area (Å²) in [6.07, 6.45) is 4.62. The third-order valence-corrected chi connectivity index (χ3v) is 6.97. The second-order valence-corrected chi connectivity index (χ2v) is 9.05. The van der Waals surface area contributed by atoms with Crippen LogP contribution in [0.5, 0.6) is 0 Å². The predicted molar refractivity (Wildman–Crippen MR) is 112 cm³/mol. The summed E-state index contributed by atoms with van der Waals surface area (Å²) in [7, 11) is 0. The zero-order chi connectivity index (χ0) is 18.8. The van der Waals surface area contributed by atoms with Gasteiger partial charge in [-0.1, -0.05) is 29.8 Å². The molecule has 2 unspecified atom stereocenters. The molecule has 27 heavy (non-hydrogen) atoms. The Morgan fingerprint density at radius 2 is 1.89 bits per heavy atom. The summed E-state index contributed by atoms with van der Waals surface area (Å²) in [4.78, 5) is 14.0. The zero-order valence-corrected chi connectivity index (χ0v) is 16.9. The van der Waals surface area contributed by atoms with Gasteiger partial charge < -0.3 is 10.6 Å². The first-order valence-electron chi connectivity index (χ1n) is 9.93. The van der Waals surface area contributed by atoms with Crippen molar-refractivity contribution in [3.8, 4) is 0 Å². The van der Waals surface area contributed by atoms with Gasteiger partial charge in [-0.3, -0.25) is 4.79 Å². The zero-order valence-electron chi connectivity index (χ0n) is 16.1. The molecule has 0 spiro atoms. The Balaban J connectivity index is 1.37. The first-order chi connectivity index (χ1) is 13.1. The summed E-state index contributed by atoms with van der Waals surface area (Å²) in [5, 5.41) is 6.90. The fraction of sp³-hybridized carbons (Fsp3) is 0.435. The normalized spacial score (nSPS) is 24.0. The average Bonchev–Trinajstić information content (AvgIpc) is 2.99. The van der Waals surface area contributed by atoms with Crippen molar-refractivity contribution >= 4 is 17.7 Å². The number of carbonyl (C=O) groups is 1. The maximum Gasteiger partial charge on any atom is 0.251 e. The van der Waals surface area contributed by atoms with E-state index in [2.05, 4.69) is 48.7 Å². The number of nitrogens with one attached hydrogen (secondary N) is 2. The summed E-state index contributed by atoms with van der Waals surface area (Å²) in [6.45, 7) is 4.28. The SMILES string of the molecule is Cc1ccc(SCc2cccc(C(=O)NC3CC4CCC(C3)N4)c2)c(C)c1. The standard InChI is InChI=1S/C23H28N2OS/c1-15-6-9-22(16(2)10-15)27-14-17-4-3-5-18(11-17)23(26)25-21-12-19-7-8-20(13-21)24-19/h3-6,9-11,19-21,24H,7-8,12-14H2,1-2H3,(H,25,26). The van der Waals surface area contributed by atoms with Gasteiger partial charge in [0, 0.05) is 34.3 Å². The van der Waals surface area contributed by atoms with Gasteiger partial charge >= 0.3 is 0 Å². The molecule has 0 saturated carbocycles. The largest absolute Gasteiger partial charge is 0.349 e. The molecule has 2 atom stereocenters. The number of amides is 1. The molecule has 0 radical (unpaired) electrons. The number of carbonyl (C=O) groups excluding carboxylic acids is 1. The highest BCUT2D eigenvalue weighted by molar-refractivity contribution is 7.98. The quantitative estimate of drug-likeness (QED) is 0.745. The van der Waals surface area contributed by atoms with E-state index >= 15 is 0 Å². The molecule has 2 aliphatic rings. The molecular weight excluding hydrogens is 352 g/mol. The van der Waals surface area contributed by atoms with Crippen molar-refractivity contribution in [2.24, 2.45) is 0 Å². The number of thioether (sulfide) groups is 1. The molecule has 0 aromatic heterocycles. The molecule has 2 bridgehead atoms. The van der Waals surface area contributed by atoms with Crippen LogP contribution in [0, 0.1) is 13.8 Å². The molecule has 2 aliphatic heterocycles. The molecule has 1 amide bonds. The van der Waals surface area contributed by atoms with Crippen LogP contribution in [0.25, 0.3) is 0 Å². The molecule has 2 saturated heterocycles. The second-order valence-electron chi connectivity index (χ2n) is 8.04. The number of fused-ring (bicyclic) bond motifs is 2. The fourth-order valence-electron chi connectivity index (χ4n) is 4.37. The molecule has 2 fully saturated rings. The van der Waals surface area contributed by atoms with Crippen molar-refractivity contribution in [1.82, 2.24) is 10.6 Å². The first kappa shape index (κ1) is 18.6. The van der Waals surface area contributed by atoms with Crippen LogP contribution in [-0.2, 0) is 5.75 Å². The number of hydrogen-bond acceptors (Lipinski definition) is 3. The van der Waals surface area contributed by atoms with Gasteiger partial charge in [0.15, 0.2) is 0 Å². The average molecular weight is 381 g/mol. The molecule has 2 N–H and O–H groups in total. The molecule has 0 aliphatic carbocycles. The van der Waals surface area contributed by atoms with Crippen LogP contribution in [0.3, 0.4) is 0 Å². The number of piperidine rings is 1. The Hall–Kier alpha value is -1.78. The van der Waals surface area contributed by atoms with E-state index in [4.69, 9.17) is 0 Å². The Kier molecular flexibility index (Phi) is 5.55. The monoisotopic (exact) mass is 380 g/mol. The third-order valence-electron chi connectivity index (χ3n) is 5.72. The lowest BCUT2D eigenvalue weighted by Gasteiger charge is -2.29. The van der Waals surface area contributed by atoms with Crippen molar-refractivity contribution in [3.05, 3.63) is 64.7 Å².